The van der Waals surface area contributed by atoms with Gasteiger partial charge in [-0.2, -0.15) is 0 Å². The Kier molecular flexibility index (Phi) is 11.3. The molecule has 0 rings (SSSR count). The monoisotopic (exact) mass is 172 g/mol. The minimum atomic E-state index is 0.546. The maximum absolute atomic E-state index is 5.46. The lowest BCUT2D eigenvalue weighted by Gasteiger charge is -1.88. The SMILES string of the molecule is C=C(Cl)/C=C\C(=C)CC.CC. The van der Waals surface area contributed by atoms with Crippen molar-refractivity contribution in [3.05, 3.63) is 35.9 Å². The summed E-state index contributed by atoms with van der Waals surface area (Å²) in [5, 5.41) is 0.546. The van der Waals surface area contributed by atoms with Gasteiger partial charge in [-0.05, 0) is 12.5 Å². The molecule has 0 fully saturated rings. The second-order valence-corrected chi connectivity index (χ2v) is 2.28. The number of halogens is 1. The van der Waals surface area contributed by atoms with Gasteiger partial charge in [0.1, 0.15) is 0 Å². The zero-order valence-electron chi connectivity index (χ0n) is 7.65. The summed E-state index contributed by atoms with van der Waals surface area (Å²) in [4.78, 5) is 0. The van der Waals surface area contributed by atoms with Crippen molar-refractivity contribution < 1.29 is 0 Å². The Morgan fingerprint density at radius 3 is 2.00 bits per heavy atom. The predicted molar refractivity (Wildman–Crippen MR) is 54.9 cm³/mol. The Morgan fingerprint density at radius 1 is 1.27 bits per heavy atom. The Bertz CT molecular complexity index is 143. The average Bonchev–Trinajstić information content (AvgIpc) is 2.04. The molecule has 0 unspecified atom stereocenters. The van der Waals surface area contributed by atoms with Crippen molar-refractivity contribution in [1.29, 1.82) is 0 Å². The molecule has 64 valence electrons. The van der Waals surface area contributed by atoms with E-state index in [0.717, 1.165) is 12.0 Å². The van der Waals surface area contributed by atoms with Gasteiger partial charge in [-0.15, -0.1) is 0 Å². The lowest BCUT2D eigenvalue weighted by Crippen LogP contribution is -1.67. The van der Waals surface area contributed by atoms with E-state index in [1.54, 1.807) is 6.08 Å². The second kappa shape index (κ2) is 9.51. The lowest BCUT2D eigenvalue weighted by molar-refractivity contribution is 1.16. The highest BCUT2D eigenvalue weighted by Gasteiger charge is 1.80. The first-order valence-electron chi connectivity index (χ1n) is 3.87. The fourth-order valence-corrected chi connectivity index (χ4v) is 0.389. The van der Waals surface area contributed by atoms with Crippen LogP contribution in [0.5, 0.6) is 0 Å². The molecule has 0 aromatic rings. The summed E-state index contributed by atoms with van der Waals surface area (Å²) in [5.41, 5.74) is 1.07. The highest BCUT2D eigenvalue weighted by Crippen LogP contribution is 2.03. The third-order valence-electron chi connectivity index (χ3n) is 0.954. The molecular weight excluding hydrogens is 156 g/mol. The van der Waals surface area contributed by atoms with Gasteiger partial charge in [0.25, 0.3) is 0 Å². The molecule has 0 aromatic heterocycles. The van der Waals surface area contributed by atoms with Gasteiger partial charge < -0.3 is 0 Å². The van der Waals surface area contributed by atoms with Crippen LogP contribution in [0.25, 0.3) is 0 Å². The summed E-state index contributed by atoms with van der Waals surface area (Å²) >= 11 is 5.46. The van der Waals surface area contributed by atoms with E-state index in [4.69, 9.17) is 11.6 Å². The molecule has 0 radical (unpaired) electrons. The smallest absolute Gasteiger partial charge is 0.0334 e. The van der Waals surface area contributed by atoms with Gasteiger partial charge in [0.15, 0.2) is 0 Å². The Hall–Kier alpha value is -0.490. The zero-order chi connectivity index (χ0) is 9.28. The topological polar surface area (TPSA) is 0 Å². The molecule has 11 heavy (non-hydrogen) atoms. The highest BCUT2D eigenvalue weighted by atomic mass is 35.5. The van der Waals surface area contributed by atoms with Crippen LogP contribution in [0.4, 0.5) is 0 Å². The minimum Gasteiger partial charge on any atom is -0.0958 e. The third kappa shape index (κ3) is 12.7. The van der Waals surface area contributed by atoms with Crippen LogP contribution in [0, 0.1) is 0 Å². The molecule has 0 aliphatic carbocycles. The summed E-state index contributed by atoms with van der Waals surface area (Å²) in [6.45, 7) is 13.3. The highest BCUT2D eigenvalue weighted by molar-refractivity contribution is 6.30. The van der Waals surface area contributed by atoms with Crippen LogP contribution in [0.15, 0.2) is 35.9 Å². The molecule has 0 saturated carbocycles. The average molecular weight is 173 g/mol. The first kappa shape index (κ1) is 13.1. The van der Waals surface area contributed by atoms with Crippen molar-refractivity contribution in [2.45, 2.75) is 27.2 Å². The quantitative estimate of drug-likeness (QED) is 0.558. The first-order chi connectivity index (χ1) is 5.16. The largest absolute Gasteiger partial charge is 0.0958 e. The number of allylic oxidation sites excluding steroid dienone is 4. The van der Waals surface area contributed by atoms with Crippen molar-refractivity contribution in [1.82, 2.24) is 0 Å². The predicted octanol–water partition coefficient (Wildman–Crippen LogP) is 4.29. The number of hydrogen-bond acceptors (Lipinski definition) is 0. The van der Waals surface area contributed by atoms with E-state index in [0.29, 0.717) is 5.03 Å². The molecule has 0 aliphatic heterocycles. The molecule has 1 heteroatoms. The fourth-order valence-electron chi connectivity index (χ4n) is 0.326. The standard InChI is InChI=1S/C8H11Cl.C2H6/c1-4-7(2)5-6-8(3)9;1-2/h5-6H,2-4H2,1H3;1-2H3/b6-5-;. The molecule has 0 bridgehead atoms. The summed E-state index contributed by atoms with van der Waals surface area (Å²) in [7, 11) is 0. The van der Waals surface area contributed by atoms with Gasteiger partial charge in [-0.25, -0.2) is 0 Å². The normalized spacial score (nSPS) is 8.73. The van der Waals surface area contributed by atoms with E-state index >= 15 is 0 Å². The van der Waals surface area contributed by atoms with Crippen LogP contribution in [-0.2, 0) is 0 Å². The molecule has 0 spiro atoms. The van der Waals surface area contributed by atoms with Crippen molar-refractivity contribution in [3.8, 4) is 0 Å². The van der Waals surface area contributed by atoms with Crippen molar-refractivity contribution in [3.63, 3.8) is 0 Å². The maximum Gasteiger partial charge on any atom is 0.0334 e. The van der Waals surface area contributed by atoms with Gasteiger partial charge in [0.2, 0.25) is 0 Å². The van der Waals surface area contributed by atoms with Crippen LogP contribution in [-0.4, -0.2) is 0 Å². The van der Waals surface area contributed by atoms with Crippen LogP contribution >= 0.6 is 11.6 Å². The zero-order valence-corrected chi connectivity index (χ0v) is 8.41. The summed E-state index contributed by atoms with van der Waals surface area (Å²) in [6, 6.07) is 0. The Morgan fingerprint density at radius 2 is 1.73 bits per heavy atom. The van der Waals surface area contributed by atoms with Crippen LogP contribution in [0.2, 0.25) is 0 Å². The lowest BCUT2D eigenvalue weighted by atomic mass is 10.2. The van der Waals surface area contributed by atoms with Gasteiger partial charge in [-0.3, -0.25) is 0 Å². The summed E-state index contributed by atoms with van der Waals surface area (Å²) in [6.07, 6.45) is 4.57. The maximum atomic E-state index is 5.46. The molecule has 0 aliphatic rings. The van der Waals surface area contributed by atoms with Gasteiger partial charge in [0.05, 0.1) is 0 Å². The van der Waals surface area contributed by atoms with E-state index in [2.05, 4.69) is 13.2 Å². The van der Waals surface area contributed by atoms with E-state index in [-0.39, 0.29) is 0 Å². The molecule has 0 atom stereocenters. The van der Waals surface area contributed by atoms with Gasteiger partial charge >= 0.3 is 0 Å². The van der Waals surface area contributed by atoms with E-state index in [1.165, 1.54) is 0 Å². The molecular formula is C10H17Cl. The number of hydrogen-bond donors (Lipinski definition) is 0. The Balaban J connectivity index is 0. The molecule has 0 aromatic carbocycles. The van der Waals surface area contributed by atoms with Crippen LogP contribution in [0.3, 0.4) is 0 Å². The molecule has 0 nitrogen and oxygen atoms in total. The van der Waals surface area contributed by atoms with Gasteiger partial charge in [0, 0.05) is 5.03 Å². The van der Waals surface area contributed by atoms with Crippen molar-refractivity contribution in [2.24, 2.45) is 0 Å². The molecule has 0 saturated heterocycles. The van der Waals surface area contributed by atoms with Crippen LogP contribution < -0.4 is 0 Å². The van der Waals surface area contributed by atoms with E-state index < -0.39 is 0 Å². The Labute approximate surface area is 75.3 Å². The molecule has 0 heterocycles. The number of rotatable bonds is 3. The van der Waals surface area contributed by atoms with Crippen molar-refractivity contribution in [2.75, 3.05) is 0 Å². The minimum absolute atomic E-state index is 0.546. The van der Waals surface area contributed by atoms with E-state index in [9.17, 15) is 0 Å². The fraction of sp³-hybridized carbons (Fsp3) is 0.400. The van der Waals surface area contributed by atoms with Crippen molar-refractivity contribution >= 4 is 11.6 Å². The molecule has 0 amide bonds. The summed E-state index contributed by atoms with van der Waals surface area (Å²) < 4.78 is 0. The second-order valence-electron chi connectivity index (χ2n) is 1.79. The third-order valence-corrected chi connectivity index (χ3v) is 1.08. The summed E-state index contributed by atoms with van der Waals surface area (Å²) in [5.74, 6) is 0. The first-order valence-corrected chi connectivity index (χ1v) is 4.25. The van der Waals surface area contributed by atoms with Crippen LogP contribution in [0.1, 0.15) is 27.2 Å². The van der Waals surface area contributed by atoms with Gasteiger partial charge in [-0.1, -0.05) is 57.2 Å². The van der Waals surface area contributed by atoms with E-state index in [1.807, 2.05) is 26.8 Å². The molecule has 0 N–H and O–H groups in total.